The molecule has 12 heavy (non-hydrogen) atoms. The van der Waals surface area contributed by atoms with Gasteiger partial charge in [-0.05, 0) is 13.0 Å². The van der Waals surface area contributed by atoms with Gasteiger partial charge in [0.1, 0.15) is 5.56 Å². The molecule has 1 heterocycles. The fourth-order valence-electron chi connectivity index (χ4n) is 0.724. The van der Waals surface area contributed by atoms with Gasteiger partial charge in [-0.2, -0.15) is 5.10 Å². The molecule has 64 valence electrons. The summed E-state index contributed by atoms with van der Waals surface area (Å²) in [6.45, 7) is 2.04. The van der Waals surface area contributed by atoms with E-state index in [9.17, 15) is 4.79 Å². The zero-order valence-corrected chi connectivity index (χ0v) is 6.65. The summed E-state index contributed by atoms with van der Waals surface area (Å²) in [6.07, 6.45) is 1.39. The number of nitrogens with two attached hydrogens (primary N) is 1. The highest BCUT2D eigenvalue weighted by Crippen LogP contribution is 2.06. The number of nitrogens with zero attached hydrogens (tertiary/aromatic N) is 2. The summed E-state index contributed by atoms with van der Waals surface area (Å²) in [4.78, 5) is 11.1. The van der Waals surface area contributed by atoms with Crippen molar-refractivity contribution < 1.29 is 9.53 Å². The summed E-state index contributed by atoms with van der Waals surface area (Å²) in [5.74, 6) is -0.374. The van der Waals surface area contributed by atoms with Crippen LogP contribution in [0, 0.1) is 0 Å². The van der Waals surface area contributed by atoms with Crippen LogP contribution in [0.4, 0.5) is 5.82 Å². The number of carbonyl (C=O) groups is 1. The first-order chi connectivity index (χ1) is 5.75. The second-order valence-electron chi connectivity index (χ2n) is 2.05. The Morgan fingerprint density at radius 2 is 2.50 bits per heavy atom. The SMILES string of the molecule is CCOC(=O)c1ccnnc1N. The van der Waals surface area contributed by atoms with Gasteiger partial charge < -0.3 is 10.5 Å². The molecule has 0 aliphatic carbocycles. The van der Waals surface area contributed by atoms with E-state index in [4.69, 9.17) is 10.5 Å². The lowest BCUT2D eigenvalue weighted by Gasteiger charge is -2.01. The van der Waals surface area contributed by atoms with Gasteiger partial charge in [0.2, 0.25) is 0 Å². The molecule has 0 saturated carbocycles. The molecule has 0 saturated heterocycles. The third kappa shape index (κ3) is 1.69. The van der Waals surface area contributed by atoms with E-state index < -0.39 is 5.97 Å². The lowest BCUT2D eigenvalue weighted by Crippen LogP contribution is -2.09. The first-order valence-corrected chi connectivity index (χ1v) is 3.50. The summed E-state index contributed by atoms with van der Waals surface area (Å²) in [6, 6.07) is 1.47. The number of esters is 1. The van der Waals surface area contributed by atoms with E-state index >= 15 is 0 Å². The van der Waals surface area contributed by atoms with Gasteiger partial charge in [-0.1, -0.05) is 0 Å². The predicted molar refractivity (Wildman–Crippen MR) is 42.4 cm³/mol. The summed E-state index contributed by atoms with van der Waals surface area (Å²) in [7, 11) is 0. The number of hydrogen-bond acceptors (Lipinski definition) is 5. The quantitative estimate of drug-likeness (QED) is 0.638. The van der Waals surface area contributed by atoms with Gasteiger partial charge >= 0.3 is 5.97 Å². The largest absolute Gasteiger partial charge is 0.462 e. The summed E-state index contributed by atoms with van der Waals surface area (Å²) in [5, 5.41) is 7.01. The normalized spacial score (nSPS) is 9.42. The molecule has 0 spiro atoms. The van der Waals surface area contributed by atoms with Crippen LogP contribution >= 0.6 is 0 Å². The smallest absolute Gasteiger partial charge is 0.342 e. The van der Waals surface area contributed by atoms with Crippen molar-refractivity contribution in [3.05, 3.63) is 17.8 Å². The summed E-state index contributed by atoms with van der Waals surface area (Å²) < 4.78 is 4.72. The van der Waals surface area contributed by atoms with Crippen LogP contribution in [0.5, 0.6) is 0 Å². The Balaban J connectivity index is 2.87. The van der Waals surface area contributed by atoms with Gasteiger partial charge in [0.05, 0.1) is 12.8 Å². The predicted octanol–water partition coefficient (Wildman–Crippen LogP) is 0.235. The highest BCUT2D eigenvalue weighted by molar-refractivity contribution is 5.93. The third-order valence-electron chi connectivity index (χ3n) is 1.24. The van der Waals surface area contributed by atoms with Gasteiger partial charge in [-0.25, -0.2) is 4.79 Å². The van der Waals surface area contributed by atoms with Crippen LogP contribution in [0.1, 0.15) is 17.3 Å². The number of ether oxygens (including phenoxy) is 1. The Morgan fingerprint density at radius 3 is 3.08 bits per heavy atom. The molecule has 0 bridgehead atoms. The Bertz CT molecular complexity index is 288. The first-order valence-electron chi connectivity index (χ1n) is 3.50. The molecule has 1 rings (SSSR count). The molecule has 5 nitrogen and oxygen atoms in total. The van der Waals surface area contributed by atoms with E-state index in [0.717, 1.165) is 0 Å². The van der Waals surface area contributed by atoms with Gasteiger partial charge in [0.15, 0.2) is 5.82 Å². The molecule has 0 amide bonds. The molecule has 0 radical (unpaired) electrons. The van der Waals surface area contributed by atoms with Crippen molar-refractivity contribution in [3.63, 3.8) is 0 Å². The van der Waals surface area contributed by atoms with Crippen LogP contribution in [-0.2, 0) is 4.74 Å². The molecule has 0 atom stereocenters. The molecule has 0 aromatic carbocycles. The van der Waals surface area contributed by atoms with E-state index in [-0.39, 0.29) is 11.4 Å². The highest BCUT2D eigenvalue weighted by atomic mass is 16.5. The second kappa shape index (κ2) is 3.66. The van der Waals surface area contributed by atoms with Crippen molar-refractivity contribution in [2.75, 3.05) is 12.3 Å². The van der Waals surface area contributed by atoms with Gasteiger partial charge in [0.25, 0.3) is 0 Å². The summed E-state index contributed by atoms with van der Waals surface area (Å²) in [5.41, 5.74) is 5.63. The van der Waals surface area contributed by atoms with Crippen molar-refractivity contribution in [2.24, 2.45) is 0 Å². The average Bonchev–Trinajstić information content (AvgIpc) is 2.05. The molecule has 1 aromatic rings. The zero-order chi connectivity index (χ0) is 8.97. The van der Waals surface area contributed by atoms with Crippen molar-refractivity contribution in [2.45, 2.75) is 6.92 Å². The second-order valence-corrected chi connectivity index (χ2v) is 2.05. The number of carbonyl (C=O) groups excluding carboxylic acids is 1. The molecule has 0 aliphatic rings. The van der Waals surface area contributed by atoms with Crippen LogP contribution in [0.3, 0.4) is 0 Å². The van der Waals surface area contributed by atoms with Crippen molar-refractivity contribution in [3.8, 4) is 0 Å². The molecule has 0 aliphatic heterocycles. The lowest BCUT2D eigenvalue weighted by molar-refractivity contribution is 0.0527. The molecular formula is C7H9N3O2. The number of hydrogen-bond donors (Lipinski definition) is 1. The molecule has 0 unspecified atom stereocenters. The molecular weight excluding hydrogens is 158 g/mol. The summed E-state index contributed by atoms with van der Waals surface area (Å²) >= 11 is 0. The van der Waals surface area contributed by atoms with E-state index in [1.54, 1.807) is 6.92 Å². The molecule has 5 heteroatoms. The van der Waals surface area contributed by atoms with Crippen molar-refractivity contribution in [1.29, 1.82) is 0 Å². The van der Waals surface area contributed by atoms with E-state index in [1.807, 2.05) is 0 Å². The van der Waals surface area contributed by atoms with Crippen LogP contribution in [0.25, 0.3) is 0 Å². The maximum atomic E-state index is 11.1. The van der Waals surface area contributed by atoms with Crippen LogP contribution in [0.15, 0.2) is 12.3 Å². The van der Waals surface area contributed by atoms with Crippen LogP contribution in [0.2, 0.25) is 0 Å². The fourth-order valence-corrected chi connectivity index (χ4v) is 0.724. The highest BCUT2D eigenvalue weighted by Gasteiger charge is 2.10. The minimum atomic E-state index is -0.468. The number of rotatable bonds is 2. The standard InChI is InChI=1S/C7H9N3O2/c1-2-12-7(11)5-3-4-9-10-6(5)8/h3-4H,2H2,1H3,(H2,8,10). The Labute approximate surface area is 69.5 Å². The Kier molecular flexibility index (Phi) is 2.57. The van der Waals surface area contributed by atoms with Gasteiger partial charge in [0, 0.05) is 0 Å². The minimum Gasteiger partial charge on any atom is -0.462 e. The average molecular weight is 167 g/mol. The molecule has 0 fully saturated rings. The Morgan fingerprint density at radius 1 is 1.75 bits per heavy atom. The number of anilines is 1. The fraction of sp³-hybridized carbons (Fsp3) is 0.286. The monoisotopic (exact) mass is 167 g/mol. The van der Waals surface area contributed by atoms with E-state index in [2.05, 4.69) is 10.2 Å². The first kappa shape index (κ1) is 8.45. The Hall–Kier alpha value is -1.65. The van der Waals surface area contributed by atoms with E-state index in [0.29, 0.717) is 6.61 Å². The number of nitrogen functional groups attached to an aromatic ring is 1. The molecule has 2 N–H and O–H groups in total. The minimum absolute atomic E-state index is 0.0935. The van der Waals surface area contributed by atoms with Crippen LogP contribution < -0.4 is 5.73 Å². The zero-order valence-electron chi connectivity index (χ0n) is 6.65. The van der Waals surface area contributed by atoms with E-state index in [1.165, 1.54) is 12.3 Å². The van der Waals surface area contributed by atoms with Crippen molar-refractivity contribution in [1.82, 2.24) is 10.2 Å². The molecule has 1 aromatic heterocycles. The van der Waals surface area contributed by atoms with Crippen molar-refractivity contribution >= 4 is 11.8 Å². The lowest BCUT2D eigenvalue weighted by atomic mass is 10.3. The number of aromatic nitrogens is 2. The topological polar surface area (TPSA) is 78.1 Å². The van der Waals surface area contributed by atoms with Gasteiger partial charge in [-0.15, -0.1) is 5.10 Å². The maximum absolute atomic E-state index is 11.1. The maximum Gasteiger partial charge on any atom is 0.342 e. The van der Waals surface area contributed by atoms with Gasteiger partial charge in [-0.3, -0.25) is 0 Å². The third-order valence-corrected chi connectivity index (χ3v) is 1.24. The van der Waals surface area contributed by atoms with Crippen LogP contribution in [-0.4, -0.2) is 22.8 Å².